The smallest absolute Gasteiger partial charge is 0.408 e. The Morgan fingerprint density at radius 2 is 1.74 bits per heavy atom. The summed E-state index contributed by atoms with van der Waals surface area (Å²) in [5.74, 6) is -0.730. The molecule has 3 fully saturated rings. The summed E-state index contributed by atoms with van der Waals surface area (Å²) in [6.45, 7) is 8.33. The zero-order valence-electron chi connectivity index (χ0n) is 23.0. The average Bonchev–Trinajstić information content (AvgIpc) is 3.42. The first kappa shape index (κ1) is 28.2. The SMILES string of the molecule is CCOC(=O)[C@H](Cc1ccc(OC)cc1)N1C(=O)[C@@H](NC(=O)OC(C)(C)C)CC12CCC1(CC2)OCCO1. The summed E-state index contributed by atoms with van der Waals surface area (Å²) in [6, 6.07) is 5.73. The summed E-state index contributed by atoms with van der Waals surface area (Å²) in [6.07, 6.45) is 2.30. The number of hydrogen-bond donors (Lipinski definition) is 1. The molecule has 1 aliphatic carbocycles. The van der Waals surface area contributed by atoms with Crippen molar-refractivity contribution < 1.29 is 38.1 Å². The van der Waals surface area contributed by atoms with Crippen molar-refractivity contribution in [2.45, 2.75) is 95.2 Å². The van der Waals surface area contributed by atoms with Crippen molar-refractivity contribution in [3.8, 4) is 5.75 Å². The van der Waals surface area contributed by atoms with Crippen LogP contribution in [-0.4, -0.2) is 78.8 Å². The van der Waals surface area contributed by atoms with Crippen LogP contribution >= 0.6 is 0 Å². The minimum Gasteiger partial charge on any atom is -0.497 e. The molecule has 0 unspecified atom stereocenters. The number of hydrogen-bond acceptors (Lipinski definition) is 8. The molecule has 210 valence electrons. The first-order chi connectivity index (χ1) is 18.0. The number of alkyl carbamates (subject to hydrolysis) is 1. The first-order valence-electron chi connectivity index (χ1n) is 13.4. The van der Waals surface area contributed by atoms with Crippen molar-refractivity contribution in [1.29, 1.82) is 0 Å². The third kappa shape index (κ3) is 6.07. The third-order valence-corrected chi connectivity index (χ3v) is 7.54. The number of nitrogens with one attached hydrogen (secondary N) is 1. The number of likely N-dealkylation sites (tertiary alicyclic amines) is 1. The maximum atomic E-state index is 14.0. The lowest BCUT2D eigenvalue weighted by molar-refractivity contribution is -0.196. The minimum atomic E-state index is -0.860. The van der Waals surface area contributed by atoms with Crippen molar-refractivity contribution >= 4 is 18.0 Å². The van der Waals surface area contributed by atoms with E-state index >= 15 is 0 Å². The quantitative estimate of drug-likeness (QED) is 0.532. The van der Waals surface area contributed by atoms with Crippen molar-refractivity contribution in [2.75, 3.05) is 26.9 Å². The Hall–Kier alpha value is -2.85. The lowest BCUT2D eigenvalue weighted by Gasteiger charge is -2.48. The normalized spacial score (nSPS) is 22.9. The van der Waals surface area contributed by atoms with Crippen LogP contribution in [0.15, 0.2) is 24.3 Å². The van der Waals surface area contributed by atoms with Crippen LogP contribution in [0.5, 0.6) is 5.75 Å². The van der Waals surface area contributed by atoms with Gasteiger partial charge in [0.2, 0.25) is 5.91 Å². The van der Waals surface area contributed by atoms with Gasteiger partial charge in [0.25, 0.3) is 0 Å². The van der Waals surface area contributed by atoms with Gasteiger partial charge in [-0.1, -0.05) is 12.1 Å². The Bertz CT molecular complexity index is 1000. The number of benzene rings is 1. The Morgan fingerprint density at radius 1 is 1.11 bits per heavy atom. The van der Waals surface area contributed by atoms with Gasteiger partial charge < -0.3 is 33.9 Å². The molecule has 2 amide bonds. The fraction of sp³-hybridized carbons (Fsp3) is 0.679. The van der Waals surface area contributed by atoms with Crippen LogP contribution in [0.4, 0.5) is 4.79 Å². The second kappa shape index (κ2) is 11.1. The zero-order valence-corrected chi connectivity index (χ0v) is 23.0. The van der Waals surface area contributed by atoms with Gasteiger partial charge in [0.05, 0.1) is 26.9 Å². The van der Waals surface area contributed by atoms with Gasteiger partial charge >= 0.3 is 12.1 Å². The maximum Gasteiger partial charge on any atom is 0.408 e. The largest absolute Gasteiger partial charge is 0.497 e. The van der Waals surface area contributed by atoms with Crippen molar-refractivity contribution in [3.05, 3.63) is 29.8 Å². The second-order valence-electron chi connectivity index (χ2n) is 11.3. The van der Waals surface area contributed by atoms with E-state index in [2.05, 4.69) is 5.32 Å². The molecule has 1 saturated carbocycles. The maximum absolute atomic E-state index is 14.0. The molecule has 1 aromatic rings. The van der Waals surface area contributed by atoms with E-state index in [9.17, 15) is 14.4 Å². The van der Waals surface area contributed by atoms with E-state index in [1.54, 1.807) is 39.7 Å². The molecule has 1 aromatic carbocycles. The molecule has 2 spiro atoms. The Morgan fingerprint density at radius 3 is 2.29 bits per heavy atom. The number of amides is 2. The topological polar surface area (TPSA) is 113 Å². The molecule has 10 heteroatoms. The van der Waals surface area contributed by atoms with E-state index < -0.39 is 41.1 Å². The van der Waals surface area contributed by atoms with E-state index in [4.69, 9.17) is 23.7 Å². The highest BCUT2D eigenvalue weighted by Gasteiger charge is 2.59. The summed E-state index contributed by atoms with van der Waals surface area (Å²) in [5, 5.41) is 2.77. The molecular weight excluding hydrogens is 492 g/mol. The molecule has 3 aliphatic rings. The summed E-state index contributed by atoms with van der Waals surface area (Å²) in [7, 11) is 1.59. The lowest BCUT2D eigenvalue weighted by Crippen LogP contribution is -2.58. The van der Waals surface area contributed by atoms with Crippen LogP contribution in [0, 0.1) is 0 Å². The number of nitrogens with zero attached hydrogens (tertiary/aromatic N) is 1. The number of methoxy groups -OCH3 is 1. The lowest BCUT2D eigenvalue weighted by atomic mass is 9.75. The number of ether oxygens (including phenoxy) is 5. The van der Waals surface area contributed by atoms with Crippen molar-refractivity contribution in [1.82, 2.24) is 10.2 Å². The fourth-order valence-electron chi connectivity index (χ4n) is 5.84. The Labute approximate surface area is 224 Å². The van der Waals surface area contributed by atoms with E-state index in [0.29, 0.717) is 51.1 Å². The van der Waals surface area contributed by atoms with E-state index in [1.807, 2.05) is 24.3 Å². The Balaban J connectivity index is 1.65. The summed E-state index contributed by atoms with van der Waals surface area (Å²) < 4.78 is 28.0. The molecule has 38 heavy (non-hydrogen) atoms. The van der Waals surface area contributed by atoms with E-state index in [1.165, 1.54) is 0 Å². The minimum absolute atomic E-state index is 0.192. The van der Waals surface area contributed by atoms with Gasteiger partial charge in [-0.05, 0) is 58.2 Å². The van der Waals surface area contributed by atoms with Gasteiger partial charge in [0.15, 0.2) is 5.79 Å². The molecule has 1 N–H and O–H groups in total. The van der Waals surface area contributed by atoms with Crippen LogP contribution in [0.3, 0.4) is 0 Å². The highest BCUT2D eigenvalue weighted by atomic mass is 16.7. The molecule has 4 rings (SSSR count). The van der Waals surface area contributed by atoms with Gasteiger partial charge in [-0.15, -0.1) is 0 Å². The highest BCUT2D eigenvalue weighted by molar-refractivity contribution is 5.92. The molecule has 0 aromatic heterocycles. The molecule has 2 saturated heterocycles. The van der Waals surface area contributed by atoms with Crippen LogP contribution < -0.4 is 10.1 Å². The Kier molecular flexibility index (Phi) is 8.23. The van der Waals surface area contributed by atoms with Crippen LogP contribution in [0.25, 0.3) is 0 Å². The monoisotopic (exact) mass is 532 g/mol. The third-order valence-electron chi connectivity index (χ3n) is 7.54. The predicted molar refractivity (Wildman–Crippen MR) is 138 cm³/mol. The van der Waals surface area contributed by atoms with Gasteiger partial charge in [-0.3, -0.25) is 4.79 Å². The molecule has 10 nitrogen and oxygen atoms in total. The van der Waals surface area contributed by atoms with Gasteiger partial charge in [0.1, 0.15) is 23.4 Å². The zero-order chi connectivity index (χ0) is 27.6. The number of rotatable bonds is 7. The first-order valence-corrected chi connectivity index (χ1v) is 13.4. The number of carbonyl (C=O) groups is 3. The van der Waals surface area contributed by atoms with Crippen LogP contribution in [-0.2, 0) is 35.0 Å². The second-order valence-corrected chi connectivity index (χ2v) is 11.3. The summed E-state index contributed by atoms with van der Waals surface area (Å²) in [4.78, 5) is 41.7. The van der Waals surface area contributed by atoms with Crippen molar-refractivity contribution in [3.63, 3.8) is 0 Å². The van der Waals surface area contributed by atoms with Crippen LogP contribution in [0.1, 0.15) is 65.4 Å². The van der Waals surface area contributed by atoms with Gasteiger partial charge in [-0.25, -0.2) is 9.59 Å². The molecule has 2 atom stereocenters. The summed E-state index contributed by atoms with van der Waals surface area (Å²) in [5.41, 5.74) is -0.509. The molecule has 2 heterocycles. The van der Waals surface area contributed by atoms with Gasteiger partial charge in [-0.2, -0.15) is 0 Å². The van der Waals surface area contributed by atoms with E-state index in [-0.39, 0.29) is 18.9 Å². The molecule has 0 radical (unpaired) electrons. The number of carbonyl (C=O) groups excluding carboxylic acids is 3. The van der Waals surface area contributed by atoms with Crippen LogP contribution in [0.2, 0.25) is 0 Å². The predicted octanol–water partition coefficient (Wildman–Crippen LogP) is 3.35. The molecular formula is C28H40N2O8. The molecule has 0 bridgehead atoms. The van der Waals surface area contributed by atoms with Gasteiger partial charge in [0, 0.05) is 31.2 Å². The highest BCUT2D eigenvalue weighted by Crippen LogP contribution is 2.49. The van der Waals surface area contributed by atoms with Crippen molar-refractivity contribution in [2.24, 2.45) is 0 Å². The van der Waals surface area contributed by atoms with E-state index in [0.717, 1.165) is 5.56 Å². The summed E-state index contributed by atoms with van der Waals surface area (Å²) >= 11 is 0. The fourth-order valence-corrected chi connectivity index (χ4v) is 5.84. The average molecular weight is 533 g/mol. The molecule has 2 aliphatic heterocycles. The number of esters is 1. The standard InChI is InChI=1S/C28H40N2O8/c1-6-35-24(32)22(17-19-7-9-20(34-5)10-8-19)30-23(31)21(29-25(33)38-26(2,3)4)18-27(30)11-13-28(14-12-27)36-15-16-37-28/h7-10,21-22H,6,11-18H2,1-5H3,(H,29,33)/t21-,22-/m0/s1.